The smallest absolute Gasteiger partial charge is 0.307 e. The molecule has 23 heavy (non-hydrogen) atoms. The van der Waals surface area contributed by atoms with Crippen molar-refractivity contribution in [1.29, 1.82) is 0 Å². The predicted octanol–water partition coefficient (Wildman–Crippen LogP) is 2.49. The third kappa shape index (κ3) is 4.10. The van der Waals surface area contributed by atoms with Crippen LogP contribution in [-0.2, 0) is 22.6 Å². The molecule has 1 atom stereocenters. The van der Waals surface area contributed by atoms with Gasteiger partial charge in [0.2, 0.25) is 5.91 Å². The molecular formula is C16H20N2O3S2. The van der Waals surface area contributed by atoms with Gasteiger partial charge in [-0.3, -0.25) is 14.2 Å². The number of thiophene rings is 1. The van der Waals surface area contributed by atoms with Gasteiger partial charge in [0.25, 0.3) is 0 Å². The average molecular weight is 352 g/mol. The molecule has 1 unspecified atom stereocenters. The van der Waals surface area contributed by atoms with Gasteiger partial charge in [-0.1, -0.05) is 17.4 Å². The maximum Gasteiger partial charge on any atom is 0.307 e. The first kappa shape index (κ1) is 16.4. The Bertz CT molecular complexity index is 699. The van der Waals surface area contributed by atoms with Crippen molar-refractivity contribution in [2.45, 2.75) is 39.0 Å². The van der Waals surface area contributed by atoms with Gasteiger partial charge in [0, 0.05) is 29.1 Å². The largest absolute Gasteiger partial charge is 0.376 e. The van der Waals surface area contributed by atoms with Crippen molar-refractivity contribution in [3.8, 4) is 0 Å². The third-order valence-corrected chi connectivity index (χ3v) is 5.74. The maximum absolute atomic E-state index is 12.7. The molecule has 1 aliphatic heterocycles. The minimum absolute atomic E-state index is 0.0301. The van der Waals surface area contributed by atoms with Crippen LogP contribution in [0.2, 0.25) is 0 Å². The summed E-state index contributed by atoms with van der Waals surface area (Å²) >= 11 is 2.78. The molecule has 124 valence electrons. The van der Waals surface area contributed by atoms with Crippen LogP contribution in [0.25, 0.3) is 0 Å². The number of aryl methyl sites for hydroxylation is 1. The second-order valence-electron chi connectivity index (χ2n) is 5.72. The number of amides is 1. The molecule has 1 saturated heterocycles. The van der Waals surface area contributed by atoms with Gasteiger partial charge in [0.05, 0.1) is 12.6 Å². The van der Waals surface area contributed by atoms with Crippen molar-refractivity contribution in [1.82, 2.24) is 9.47 Å². The highest BCUT2D eigenvalue weighted by atomic mass is 32.1. The SMILES string of the molecule is Cc1csc(=O)n1CC(=O)N(Cc1cccs1)CC1CCCO1. The van der Waals surface area contributed by atoms with Gasteiger partial charge in [-0.2, -0.15) is 0 Å². The van der Waals surface area contributed by atoms with E-state index in [1.165, 1.54) is 0 Å². The monoisotopic (exact) mass is 352 g/mol. The fraction of sp³-hybridized carbons (Fsp3) is 0.500. The Morgan fingerprint density at radius 2 is 2.35 bits per heavy atom. The van der Waals surface area contributed by atoms with Crippen LogP contribution in [0.4, 0.5) is 0 Å². The van der Waals surface area contributed by atoms with Gasteiger partial charge >= 0.3 is 4.87 Å². The van der Waals surface area contributed by atoms with Gasteiger partial charge in [-0.25, -0.2) is 0 Å². The van der Waals surface area contributed by atoms with Crippen LogP contribution in [0, 0.1) is 6.92 Å². The van der Waals surface area contributed by atoms with Crippen LogP contribution >= 0.6 is 22.7 Å². The van der Waals surface area contributed by atoms with E-state index in [0.717, 1.165) is 41.4 Å². The zero-order chi connectivity index (χ0) is 16.2. The molecular weight excluding hydrogens is 332 g/mol. The van der Waals surface area contributed by atoms with E-state index in [1.54, 1.807) is 21.3 Å². The van der Waals surface area contributed by atoms with E-state index >= 15 is 0 Å². The zero-order valence-corrected chi connectivity index (χ0v) is 14.7. The summed E-state index contributed by atoms with van der Waals surface area (Å²) in [6.07, 6.45) is 2.15. The lowest BCUT2D eigenvalue weighted by atomic mass is 10.2. The molecule has 1 amide bonds. The number of carbonyl (C=O) groups is 1. The van der Waals surface area contributed by atoms with Crippen molar-refractivity contribution in [2.75, 3.05) is 13.2 Å². The lowest BCUT2D eigenvalue weighted by Crippen LogP contribution is -2.39. The summed E-state index contributed by atoms with van der Waals surface area (Å²) in [4.78, 5) is 27.5. The molecule has 1 aliphatic rings. The molecule has 7 heteroatoms. The van der Waals surface area contributed by atoms with Gasteiger partial charge in [0.15, 0.2) is 0 Å². The average Bonchev–Trinajstić information content (AvgIpc) is 3.26. The van der Waals surface area contributed by atoms with Crippen LogP contribution in [0.15, 0.2) is 27.7 Å². The van der Waals surface area contributed by atoms with E-state index in [4.69, 9.17) is 4.74 Å². The van der Waals surface area contributed by atoms with E-state index in [-0.39, 0.29) is 23.4 Å². The molecule has 3 rings (SSSR count). The summed E-state index contributed by atoms with van der Waals surface area (Å²) in [5, 5.41) is 3.80. The summed E-state index contributed by atoms with van der Waals surface area (Å²) < 4.78 is 7.22. The van der Waals surface area contributed by atoms with Gasteiger partial charge in [-0.05, 0) is 31.2 Å². The minimum Gasteiger partial charge on any atom is -0.376 e. The fourth-order valence-corrected chi connectivity index (χ4v) is 4.16. The first-order valence-corrected chi connectivity index (χ1v) is 9.46. The van der Waals surface area contributed by atoms with E-state index in [1.807, 2.05) is 29.3 Å². The van der Waals surface area contributed by atoms with Crippen molar-refractivity contribution >= 4 is 28.6 Å². The highest BCUT2D eigenvalue weighted by molar-refractivity contribution is 7.09. The Labute approximate surface area is 143 Å². The molecule has 0 saturated carbocycles. The minimum atomic E-state index is -0.0796. The molecule has 0 aromatic carbocycles. The molecule has 2 aromatic rings. The quantitative estimate of drug-likeness (QED) is 0.803. The van der Waals surface area contributed by atoms with E-state index in [9.17, 15) is 9.59 Å². The second kappa shape index (κ2) is 7.42. The molecule has 0 radical (unpaired) electrons. The molecule has 0 bridgehead atoms. The van der Waals surface area contributed by atoms with E-state index in [0.29, 0.717) is 13.1 Å². The third-order valence-electron chi connectivity index (χ3n) is 4.00. The van der Waals surface area contributed by atoms with Crippen molar-refractivity contribution in [3.05, 3.63) is 43.1 Å². The Morgan fingerprint density at radius 3 is 2.96 bits per heavy atom. The Balaban J connectivity index is 1.73. The van der Waals surface area contributed by atoms with Gasteiger partial charge < -0.3 is 9.64 Å². The Morgan fingerprint density at radius 1 is 1.48 bits per heavy atom. The van der Waals surface area contributed by atoms with Crippen LogP contribution in [0.3, 0.4) is 0 Å². The second-order valence-corrected chi connectivity index (χ2v) is 7.57. The molecule has 0 N–H and O–H groups in total. The van der Waals surface area contributed by atoms with Crippen molar-refractivity contribution in [2.24, 2.45) is 0 Å². The summed E-state index contributed by atoms with van der Waals surface area (Å²) in [6.45, 7) is 3.90. The topological polar surface area (TPSA) is 51.5 Å². The summed E-state index contributed by atoms with van der Waals surface area (Å²) in [5.74, 6) is -0.0301. The number of rotatable bonds is 6. The molecule has 0 aliphatic carbocycles. The van der Waals surface area contributed by atoms with Crippen LogP contribution in [-0.4, -0.2) is 34.6 Å². The first-order chi connectivity index (χ1) is 11.1. The highest BCUT2D eigenvalue weighted by Gasteiger charge is 2.23. The normalized spacial score (nSPS) is 17.5. The van der Waals surface area contributed by atoms with Crippen molar-refractivity contribution < 1.29 is 9.53 Å². The zero-order valence-electron chi connectivity index (χ0n) is 13.1. The molecule has 1 fully saturated rings. The molecule has 3 heterocycles. The highest BCUT2D eigenvalue weighted by Crippen LogP contribution is 2.17. The summed E-state index contributed by atoms with van der Waals surface area (Å²) in [7, 11) is 0. The standard InChI is InChI=1S/C16H20N2O3S2/c1-12-11-23-16(20)18(12)10-15(19)17(8-13-4-2-6-21-13)9-14-5-3-7-22-14/h3,5,7,11,13H,2,4,6,8-10H2,1H3. The Hall–Kier alpha value is -1.44. The number of hydrogen-bond acceptors (Lipinski definition) is 5. The van der Waals surface area contributed by atoms with Crippen LogP contribution in [0.5, 0.6) is 0 Å². The fourth-order valence-electron chi connectivity index (χ4n) is 2.71. The predicted molar refractivity (Wildman–Crippen MR) is 92.0 cm³/mol. The number of nitrogens with zero attached hydrogens (tertiary/aromatic N) is 2. The first-order valence-electron chi connectivity index (χ1n) is 7.70. The molecule has 2 aromatic heterocycles. The van der Waals surface area contributed by atoms with Gasteiger partial charge in [-0.15, -0.1) is 11.3 Å². The van der Waals surface area contributed by atoms with Crippen molar-refractivity contribution in [3.63, 3.8) is 0 Å². The number of hydrogen-bond donors (Lipinski definition) is 0. The lowest BCUT2D eigenvalue weighted by Gasteiger charge is -2.25. The summed E-state index contributed by atoms with van der Waals surface area (Å²) in [5.41, 5.74) is 0.835. The Kier molecular flexibility index (Phi) is 5.30. The van der Waals surface area contributed by atoms with E-state index in [2.05, 4.69) is 0 Å². The lowest BCUT2D eigenvalue weighted by molar-refractivity contribution is -0.134. The number of aromatic nitrogens is 1. The number of carbonyl (C=O) groups excluding carboxylic acids is 1. The number of thiazole rings is 1. The maximum atomic E-state index is 12.7. The van der Waals surface area contributed by atoms with Crippen LogP contribution < -0.4 is 4.87 Å². The molecule has 5 nitrogen and oxygen atoms in total. The van der Waals surface area contributed by atoms with E-state index < -0.39 is 0 Å². The van der Waals surface area contributed by atoms with Crippen LogP contribution in [0.1, 0.15) is 23.4 Å². The number of ether oxygens (including phenoxy) is 1. The molecule has 0 spiro atoms. The summed E-state index contributed by atoms with van der Waals surface area (Å²) in [6, 6.07) is 4.02. The van der Waals surface area contributed by atoms with Gasteiger partial charge in [0.1, 0.15) is 6.54 Å².